The van der Waals surface area contributed by atoms with E-state index in [1.807, 2.05) is 12.1 Å². The SMILES string of the molecule is O=C(NC1CCC(Cn2c(=O)n(-c3ccc(OC4CCCC4)nc3)c3ccc#cc32)CC1)c1cc(Cl)cnc1C(F)F. The summed E-state index contributed by atoms with van der Waals surface area (Å²) in [7, 11) is 0. The molecule has 0 radical (unpaired) electrons. The van der Waals surface area contributed by atoms with Crippen LogP contribution in [0.4, 0.5) is 8.78 Å². The van der Waals surface area contributed by atoms with Crippen LogP contribution in [-0.2, 0) is 6.54 Å². The van der Waals surface area contributed by atoms with Crippen molar-refractivity contribution in [1.29, 1.82) is 0 Å². The number of carbonyl (C=O) groups is 1. The molecule has 6 rings (SSSR count). The summed E-state index contributed by atoms with van der Waals surface area (Å²) in [5.41, 5.74) is 1.05. The molecular formula is C31H30ClF2N5O3. The van der Waals surface area contributed by atoms with Gasteiger partial charge < -0.3 is 10.1 Å². The number of alkyl halides is 2. The van der Waals surface area contributed by atoms with Crippen molar-refractivity contribution in [1.82, 2.24) is 24.4 Å². The topological polar surface area (TPSA) is 91.0 Å². The molecule has 11 heteroatoms. The molecule has 4 aromatic rings. The number of hydrogen-bond acceptors (Lipinski definition) is 5. The van der Waals surface area contributed by atoms with Gasteiger partial charge in [-0.3, -0.25) is 18.9 Å². The van der Waals surface area contributed by atoms with Gasteiger partial charge in [-0.25, -0.2) is 18.6 Å². The summed E-state index contributed by atoms with van der Waals surface area (Å²) in [6.07, 6.45) is 7.33. The molecule has 2 aliphatic rings. The van der Waals surface area contributed by atoms with Gasteiger partial charge in [-0.2, -0.15) is 0 Å². The third-order valence-corrected chi connectivity index (χ3v) is 8.43. The number of pyridine rings is 2. The quantitative estimate of drug-likeness (QED) is 0.267. The van der Waals surface area contributed by atoms with Crippen LogP contribution in [0.15, 0.2) is 47.5 Å². The van der Waals surface area contributed by atoms with Crippen LogP contribution in [0.3, 0.4) is 0 Å². The Balaban J connectivity index is 1.14. The Hall–Kier alpha value is -3.97. The van der Waals surface area contributed by atoms with E-state index in [-0.39, 0.29) is 34.3 Å². The van der Waals surface area contributed by atoms with E-state index >= 15 is 0 Å². The van der Waals surface area contributed by atoms with Gasteiger partial charge in [0.1, 0.15) is 17.3 Å². The third-order valence-electron chi connectivity index (χ3n) is 8.22. The fourth-order valence-corrected chi connectivity index (χ4v) is 6.22. The summed E-state index contributed by atoms with van der Waals surface area (Å²) in [5, 5.41) is 2.99. The first-order chi connectivity index (χ1) is 20.4. The van der Waals surface area contributed by atoms with Gasteiger partial charge in [-0.15, -0.1) is 0 Å². The Kier molecular flexibility index (Phi) is 8.11. The summed E-state index contributed by atoms with van der Waals surface area (Å²) in [6, 6.07) is 14.4. The molecule has 8 nitrogen and oxygen atoms in total. The van der Waals surface area contributed by atoms with Gasteiger partial charge in [0.05, 0.1) is 28.0 Å². The van der Waals surface area contributed by atoms with E-state index in [0.29, 0.717) is 36.5 Å². The highest BCUT2D eigenvalue weighted by atomic mass is 35.5. The summed E-state index contributed by atoms with van der Waals surface area (Å²) in [6.45, 7) is 0.488. The van der Waals surface area contributed by atoms with Crippen LogP contribution >= 0.6 is 11.6 Å². The van der Waals surface area contributed by atoms with Crippen LogP contribution < -0.4 is 15.7 Å². The van der Waals surface area contributed by atoms with Crippen molar-refractivity contribution in [3.8, 4) is 11.6 Å². The second kappa shape index (κ2) is 12.1. The van der Waals surface area contributed by atoms with E-state index in [1.165, 1.54) is 18.9 Å². The van der Waals surface area contributed by atoms with Gasteiger partial charge >= 0.3 is 5.69 Å². The summed E-state index contributed by atoms with van der Waals surface area (Å²) in [4.78, 5) is 34.6. The normalized spacial score (nSPS) is 19.2. The second-order valence-electron chi connectivity index (χ2n) is 11.0. The molecule has 1 aromatic carbocycles. The highest BCUT2D eigenvalue weighted by molar-refractivity contribution is 6.30. The largest absolute Gasteiger partial charge is 0.474 e. The Labute approximate surface area is 246 Å². The fourth-order valence-electron chi connectivity index (χ4n) is 6.07. The maximum Gasteiger partial charge on any atom is 0.334 e. The van der Waals surface area contributed by atoms with Gasteiger partial charge in [-0.05, 0) is 87.6 Å². The van der Waals surface area contributed by atoms with E-state index in [4.69, 9.17) is 16.3 Å². The van der Waals surface area contributed by atoms with E-state index in [0.717, 1.165) is 37.4 Å². The Morgan fingerprint density at radius 1 is 1.10 bits per heavy atom. The average Bonchev–Trinajstić information content (AvgIpc) is 3.60. The van der Waals surface area contributed by atoms with Crippen LogP contribution in [-0.4, -0.2) is 37.2 Å². The molecule has 42 heavy (non-hydrogen) atoms. The van der Waals surface area contributed by atoms with Crippen LogP contribution in [0.5, 0.6) is 5.88 Å². The lowest BCUT2D eigenvalue weighted by Crippen LogP contribution is -2.39. The Bertz CT molecular complexity index is 1620. The molecule has 2 saturated carbocycles. The van der Waals surface area contributed by atoms with Crippen molar-refractivity contribution < 1.29 is 18.3 Å². The molecule has 0 spiro atoms. The number of nitrogens with one attached hydrogen (secondary N) is 1. The molecule has 3 heterocycles. The number of hydrogen-bond donors (Lipinski definition) is 1. The number of carbonyl (C=O) groups excluding carboxylic acids is 1. The molecule has 2 aliphatic carbocycles. The molecule has 2 fully saturated rings. The van der Waals surface area contributed by atoms with Crippen molar-refractivity contribution in [3.05, 3.63) is 81.6 Å². The Morgan fingerprint density at radius 2 is 1.88 bits per heavy atom. The predicted octanol–water partition coefficient (Wildman–Crippen LogP) is 6.08. The van der Waals surface area contributed by atoms with E-state index in [1.54, 1.807) is 27.5 Å². The molecule has 0 aliphatic heterocycles. The zero-order valence-corrected chi connectivity index (χ0v) is 23.6. The number of ether oxygens (including phenoxy) is 1. The molecule has 0 atom stereocenters. The van der Waals surface area contributed by atoms with E-state index in [9.17, 15) is 18.4 Å². The van der Waals surface area contributed by atoms with Crippen molar-refractivity contribution in [2.24, 2.45) is 5.92 Å². The molecule has 1 amide bonds. The van der Waals surface area contributed by atoms with Gasteiger partial charge in [0.25, 0.3) is 12.3 Å². The number of imidazole rings is 1. The zero-order chi connectivity index (χ0) is 29.2. The van der Waals surface area contributed by atoms with Crippen LogP contribution in [0.2, 0.25) is 5.02 Å². The minimum atomic E-state index is -2.88. The molecule has 0 unspecified atom stereocenters. The zero-order valence-electron chi connectivity index (χ0n) is 22.9. The van der Waals surface area contributed by atoms with Crippen molar-refractivity contribution in [2.75, 3.05) is 0 Å². The van der Waals surface area contributed by atoms with Crippen LogP contribution in [0.25, 0.3) is 16.7 Å². The van der Waals surface area contributed by atoms with Gasteiger partial charge in [0.2, 0.25) is 5.88 Å². The minimum absolute atomic E-state index is 0.121. The molecular weight excluding hydrogens is 564 g/mol. The van der Waals surface area contributed by atoms with Crippen molar-refractivity contribution in [2.45, 2.75) is 76.5 Å². The summed E-state index contributed by atoms with van der Waals surface area (Å²) >= 11 is 5.91. The fraction of sp³-hybridized carbons (Fsp3) is 0.419. The maximum absolute atomic E-state index is 13.7. The van der Waals surface area contributed by atoms with Crippen molar-refractivity contribution in [3.63, 3.8) is 0 Å². The highest BCUT2D eigenvalue weighted by Gasteiger charge is 2.27. The molecule has 218 valence electrons. The smallest absolute Gasteiger partial charge is 0.334 e. The number of fused-ring (bicyclic) bond motifs is 1. The van der Waals surface area contributed by atoms with E-state index < -0.39 is 18.0 Å². The number of halogens is 3. The third kappa shape index (κ3) is 5.84. The molecule has 0 saturated heterocycles. The second-order valence-corrected chi connectivity index (χ2v) is 11.5. The van der Waals surface area contributed by atoms with Crippen LogP contribution in [0, 0.1) is 18.1 Å². The lowest BCUT2D eigenvalue weighted by atomic mass is 9.85. The number of aromatic nitrogens is 4. The van der Waals surface area contributed by atoms with Gasteiger partial charge in [0, 0.05) is 24.8 Å². The number of amides is 1. The standard InChI is InChI=1S/C31H30ClF2N5O3/c32-20-15-24(28(29(33)34)36-16-20)30(40)37-21-11-9-19(10-12-21)18-38-25-7-3-4-8-26(25)39(31(38)41)22-13-14-27(35-17-22)42-23-5-1-2-6-23/h4,8,13-17,19,21,23,29H,1-2,5-6,9-12,18H2,(H,37,40). The molecule has 1 N–H and O–H groups in total. The first-order valence-electron chi connectivity index (χ1n) is 14.3. The summed E-state index contributed by atoms with van der Waals surface area (Å²) in [5.74, 6) is 0.137. The average molecular weight is 594 g/mol. The van der Waals surface area contributed by atoms with E-state index in [2.05, 4.69) is 27.4 Å². The molecule has 0 bridgehead atoms. The van der Waals surface area contributed by atoms with Gasteiger partial charge in [-0.1, -0.05) is 17.7 Å². The first kappa shape index (κ1) is 28.2. The maximum atomic E-state index is 13.7. The Morgan fingerprint density at radius 3 is 2.60 bits per heavy atom. The lowest BCUT2D eigenvalue weighted by molar-refractivity contribution is 0.0904. The molecule has 3 aromatic heterocycles. The lowest BCUT2D eigenvalue weighted by Gasteiger charge is -2.29. The summed E-state index contributed by atoms with van der Waals surface area (Å²) < 4.78 is 36.1. The van der Waals surface area contributed by atoms with Gasteiger partial charge in [0.15, 0.2) is 0 Å². The first-order valence-corrected chi connectivity index (χ1v) is 14.7. The minimum Gasteiger partial charge on any atom is -0.474 e. The number of nitrogens with zero attached hydrogens (tertiary/aromatic N) is 4. The van der Waals surface area contributed by atoms with Crippen LogP contribution in [0.1, 0.15) is 73.8 Å². The predicted molar refractivity (Wildman–Crippen MR) is 153 cm³/mol. The monoisotopic (exact) mass is 593 g/mol. The highest BCUT2D eigenvalue weighted by Crippen LogP contribution is 2.29. The number of rotatable bonds is 8. The van der Waals surface area contributed by atoms with Crippen molar-refractivity contribution >= 4 is 28.5 Å².